The van der Waals surface area contributed by atoms with Gasteiger partial charge in [0.25, 0.3) is 0 Å². The second-order valence-electron chi connectivity index (χ2n) is 3.14. The predicted molar refractivity (Wildman–Crippen MR) is 57.0 cm³/mol. The van der Waals surface area contributed by atoms with Crippen molar-refractivity contribution in [3.63, 3.8) is 0 Å². The molecule has 10 heteroatoms. The SMILES string of the molecule is CCCCOC(=S)SC(F)(F)C(F)(F)C(F)(F)F. The predicted octanol–water partition coefficient (Wildman–Crippen LogP) is 4.61. The molecule has 0 N–H and O–H groups in total. The van der Waals surface area contributed by atoms with E-state index in [1.165, 1.54) is 0 Å². The van der Waals surface area contributed by atoms with Crippen LogP contribution in [-0.4, -0.2) is 28.3 Å². The highest BCUT2D eigenvalue weighted by Gasteiger charge is 2.74. The number of thiocarbonyl (C=S) groups is 1. The molecule has 0 fully saturated rings. The van der Waals surface area contributed by atoms with Crippen LogP contribution in [0.25, 0.3) is 0 Å². The first-order valence-corrected chi connectivity index (χ1v) is 5.86. The lowest BCUT2D eigenvalue weighted by Gasteiger charge is -2.27. The summed E-state index contributed by atoms with van der Waals surface area (Å²) in [4.78, 5) is 0. The van der Waals surface area contributed by atoms with Gasteiger partial charge >= 0.3 is 17.4 Å². The van der Waals surface area contributed by atoms with Crippen LogP contribution in [0.1, 0.15) is 19.8 Å². The third-order valence-electron chi connectivity index (χ3n) is 1.65. The van der Waals surface area contributed by atoms with Crippen LogP contribution in [0.15, 0.2) is 0 Å². The molecule has 0 aliphatic carbocycles. The van der Waals surface area contributed by atoms with Crippen LogP contribution < -0.4 is 0 Å². The zero-order valence-corrected chi connectivity index (χ0v) is 10.6. The second kappa shape index (κ2) is 6.27. The van der Waals surface area contributed by atoms with Gasteiger partial charge in [-0.3, -0.25) is 0 Å². The summed E-state index contributed by atoms with van der Waals surface area (Å²) in [6, 6.07) is 0. The van der Waals surface area contributed by atoms with Gasteiger partial charge in [-0.1, -0.05) is 13.3 Å². The molecule has 18 heavy (non-hydrogen) atoms. The van der Waals surface area contributed by atoms with Crippen molar-refractivity contribution < 1.29 is 35.5 Å². The van der Waals surface area contributed by atoms with E-state index in [0.717, 1.165) is 0 Å². The topological polar surface area (TPSA) is 9.23 Å². The minimum absolute atomic E-state index is 0.115. The Bertz CT molecular complexity index is 290. The lowest BCUT2D eigenvalue weighted by atomic mass is 10.3. The minimum Gasteiger partial charge on any atom is -0.478 e. The Morgan fingerprint density at radius 1 is 1.11 bits per heavy atom. The van der Waals surface area contributed by atoms with Crippen molar-refractivity contribution in [3.05, 3.63) is 0 Å². The van der Waals surface area contributed by atoms with Crippen LogP contribution in [0.5, 0.6) is 0 Å². The van der Waals surface area contributed by atoms with Gasteiger partial charge in [0.15, 0.2) is 0 Å². The van der Waals surface area contributed by atoms with Crippen LogP contribution in [0, 0.1) is 0 Å². The van der Waals surface area contributed by atoms with Gasteiger partial charge in [0, 0.05) is 11.8 Å². The molecular formula is C8H9F7OS2. The number of halogens is 7. The summed E-state index contributed by atoms with van der Waals surface area (Å²) < 4.78 is 89.1. The van der Waals surface area contributed by atoms with E-state index >= 15 is 0 Å². The van der Waals surface area contributed by atoms with Crippen LogP contribution in [-0.2, 0) is 4.74 Å². The lowest BCUT2D eigenvalue weighted by Crippen LogP contribution is -2.50. The first-order chi connectivity index (χ1) is 7.95. The van der Waals surface area contributed by atoms with Crippen LogP contribution >= 0.6 is 24.0 Å². The van der Waals surface area contributed by atoms with Crippen molar-refractivity contribution in [2.24, 2.45) is 0 Å². The largest absolute Gasteiger partial charge is 0.478 e. The molecule has 0 amide bonds. The van der Waals surface area contributed by atoms with Crippen molar-refractivity contribution in [3.8, 4) is 0 Å². The van der Waals surface area contributed by atoms with E-state index in [4.69, 9.17) is 0 Å². The number of rotatable bonds is 5. The van der Waals surface area contributed by atoms with Crippen LogP contribution in [0.2, 0.25) is 0 Å². The number of ether oxygens (including phenoxy) is 1. The summed E-state index contributed by atoms with van der Waals surface area (Å²) in [5.41, 5.74) is 0. The Labute approximate surface area is 108 Å². The molecule has 0 spiro atoms. The highest BCUT2D eigenvalue weighted by molar-refractivity contribution is 8.23. The molecule has 0 aromatic rings. The van der Waals surface area contributed by atoms with E-state index < -0.39 is 33.5 Å². The van der Waals surface area contributed by atoms with Crippen LogP contribution in [0.4, 0.5) is 30.7 Å². The first-order valence-electron chi connectivity index (χ1n) is 4.64. The number of unbranched alkanes of at least 4 members (excludes halogenated alkanes) is 1. The van der Waals surface area contributed by atoms with E-state index in [0.29, 0.717) is 12.8 Å². The molecule has 0 saturated carbocycles. The molecule has 0 aliphatic rings. The van der Waals surface area contributed by atoms with Gasteiger partial charge in [-0.25, -0.2) is 0 Å². The fourth-order valence-electron chi connectivity index (χ4n) is 0.663. The Balaban J connectivity index is 4.60. The number of alkyl halides is 7. The van der Waals surface area contributed by atoms with E-state index in [1.807, 2.05) is 0 Å². The van der Waals surface area contributed by atoms with Crippen molar-refractivity contribution in [1.82, 2.24) is 0 Å². The van der Waals surface area contributed by atoms with E-state index in [2.05, 4.69) is 17.0 Å². The van der Waals surface area contributed by atoms with E-state index in [-0.39, 0.29) is 6.61 Å². The lowest BCUT2D eigenvalue weighted by molar-refractivity contribution is -0.330. The third kappa shape index (κ3) is 4.45. The van der Waals surface area contributed by atoms with Crippen molar-refractivity contribution in [2.75, 3.05) is 6.61 Å². The molecular weight excluding hydrogens is 309 g/mol. The maximum absolute atomic E-state index is 12.8. The van der Waals surface area contributed by atoms with E-state index in [9.17, 15) is 30.7 Å². The maximum atomic E-state index is 12.8. The van der Waals surface area contributed by atoms with Crippen molar-refractivity contribution in [1.29, 1.82) is 0 Å². The molecule has 0 saturated heterocycles. The molecule has 0 aliphatic heterocycles. The fraction of sp³-hybridized carbons (Fsp3) is 0.875. The molecule has 0 rings (SSSR count). The summed E-state index contributed by atoms with van der Waals surface area (Å²) >= 11 is 3.06. The molecule has 108 valence electrons. The number of thioether (sulfide) groups is 1. The molecule has 0 bridgehead atoms. The van der Waals surface area contributed by atoms with Gasteiger partial charge in [-0.15, -0.1) is 0 Å². The number of hydrogen-bond donors (Lipinski definition) is 0. The van der Waals surface area contributed by atoms with Crippen molar-refractivity contribution in [2.45, 2.75) is 37.1 Å². The average Bonchev–Trinajstić information content (AvgIpc) is 2.15. The standard InChI is InChI=1S/C8H9F7OS2/c1-2-3-4-16-5(17)18-8(14,15)6(9,10)7(11,12)13/h2-4H2,1H3. The average molecular weight is 318 g/mol. The minimum atomic E-state index is -6.36. The number of hydrogen-bond acceptors (Lipinski definition) is 3. The normalized spacial score (nSPS) is 13.6. The molecule has 0 unspecified atom stereocenters. The van der Waals surface area contributed by atoms with Gasteiger partial charge < -0.3 is 4.74 Å². The van der Waals surface area contributed by atoms with Crippen molar-refractivity contribution >= 4 is 28.4 Å². The van der Waals surface area contributed by atoms with Gasteiger partial charge in [-0.05, 0) is 18.6 Å². The highest BCUT2D eigenvalue weighted by Crippen LogP contribution is 2.52. The molecule has 0 radical (unpaired) electrons. The highest BCUT2D eigenvalue weighted by atomic mass is 32.2. The summed E-state index contributed by atoms with van der Waals surface area (Å²) in [5, 5.41) is -5.41. The zero-order chi connectivity index (χ0) is 14.6. The van der Waals surface area contributed by atoms with Gasteiger partial charge in [0.05, 0.1) is 6.61 Å². The summed E-state index contributed by atoms with van der Waals surface area (Å²) in [7, 11) is 0. The van der Waals surface area contributed by atoms with Gasteiger partial charge in [-0.2, -0.15) is 30.7 Å². The molecule has 1 nitrogen and oxygen atoms in total. The fourth-order valence-corrected chi connectivity index (χ4v) is 1.66. The summed E-state index contributed by atoms with van der Waals surface area (Å²) in [6.07, 6.45) is -5.31. The van der Waals surface area contributed by atoms with Gasteiger partial charge in [0.1, 0.15) is 0 Å². The Kier molecular flexibility index (Phi) is 6.18. The van der Waals surface area contributed by atoms with Gasteiger partial charge in [0.2, 0.25) is 4.38 Å². The summed E-state index contributed by atoms with van der Waals surface area (Å²) in [5.74, 6) is -6.18. The Morgan fingerprint density at radius 3 is 2.00 bits per heavy atom. The molecule has 0 aromatic heterocycles. The monoisotopic (exact) mass is 318 g/mol. The maximum Gasteiger partial charge on any atom is 0.460 e. The summed E-state index contributed by atoms with van der Waals surface area (Å²) in [6.45, 7) is 1.63. The molecule has 0 heterocycles. The molecule has 0 aromatic carbocycles. The Hall–Kier alpha value is -0.250. The second-order valence-corrected chi connectivity index (χ2v) is 4.86. The third-order valence-corrected chi connectivity index (χ3v) is 2.82. The quantitative estimate of drug-likeness (QED) is 0.416. The van der Waals surface area contributed by atoms with E-state index in [1.54, 1.807) is 6.92 Å². The first kappa shape index (κ1) is 17.8. The van der Waals surface area contributed by atoms with Crippen LogP contribution in [0.3, 0.4) is 0 Å². The Morgan fingerprint density at radius 2 is 1.61 bits per heavy atom. The molecule has 0 atom stereocenters. The zero-order valence-electron chi connectivity index (χ0n) is 8.99. The smallest absolute Gasteiger partial charge is 0.460 e.